The van der Waals surface area contributed by atoms with Crippen LogP contribution in [-0.4, -0.2) is 13.1 Å². The molecule has 1 fully saturated rings. The highest BCUT2D eigenvalue weighted by Crippen LogP contribution is 2.29. The Labute approximate surface area is 120 Å². The second-order valence-corrected chi connectivity index (χ2v) is 6.06. The van der Waals surface area contributed by atoms with Gasteiger partial charge in [-0.3, -0.25) is 0 Å². The van der Waals surface area contributed by atoms with Gasteiger partial charge in [0.15, 0.2) is 0 Å². The van der Waals surface area contributed by atoms with Crippen molar-refractivity contribution in [2.24, 2.45) is 5.92 Å². The molecule has 100 valence electrons. The van der Waals surface area contributed by atoms with Gasteiger partial charge in [0.25, 0.3) is 0 Å². The van der Waals surface area contributed by atoms with Gasteiger partial charge in [0, 0.05) is 6.04 Å². The molecule has 0 aromatic heterocycles. The quantitative estimate of drug-likeness (QED) is 0.794. The second kappa shape index (κ2) is 6.79. The Morgan fingerprint density at radius 3 is 2.61 bits per heavy atom. The van der Waals surface area contributed by atoms with Crippen LogP contribution in [0.4, 0.5) is 0 Å². The van der Waals surface area contributed by atoms with Crippen LogP contribution in [0.5, 0.6) is 0 Å². The van der Waals surface area contributed by atoms with Crippen molar-refractivity contribution in [1.29, 1.82) is 0 Å². The highest BCUT2D eigenvalue weighted by atomic mass is 35.5. The Bertz CT molecular complexity index is 392. The van der Waals surface area contributed by atoms with Gasteiger partial charge < -0.3 is 5.32 Å². The first-order chi connectivity index (χ1) is 8.70. The van der Waals surface area contributed by atoms with Crippen LogP contribution in [0, 0.1) is 5.92 Å². The summed E-state index contributed by atoms with van der Waals surface area (Å²) in [5, 5.41) is 4.80. The molecule has 2 rings (SSSR count). The first kappa shape index (κ1) is 14.2. The molecule has 2 atom stereocenters. The maximum Gasteiger partial charge on any atom is 0.0595 e. The van der Waals surface area contributed by atoms with Gasteiger partial charge in [0.1, 0.15) is 0 Å². The average Bonchev–Trinajstić information content (AvgIpc) is 2.59. The summed E-state index contributed by atoms with van der Waals surface area (Å²) in [5.41, 5.74) is 1.30. The summed E-state index contributed by atoms with van der Waals surface area (Å²) in [6.45, 7) is 0. The van der Waals surface area contributed by atoms with Crippen molar-refractivity contribution in [2.75, 3.05) is 7.05 Å². The first-order valence-corrected chi connectivity index (χ1v) is 7.57. The van der Waals surface area contributed by atoms with Crippen LogP contribution in [-0.2, 0) is 6.42 Å². The lowest BCUT2D eigenvalue weighted by molar-refractivity contribution is 0.350. The predicted octanol–water partition coefficient (Wildman–Crippen LogP) is 4.70. The minimum atomic E-state index is 0.641. The fourth-order valence-electron chi connectivity index (χ4n) is 2.98. The summed E-state index contributed by atoms with van der Waals surface area (Å²) < 4.78 is 0. The van der Waals surface area contributed by atoms with Crippen LogP contribution in [0.2, 0.25) is 10.0 Å². The zero-order valence-corrected chi connectivity index (χ0v) is 12.4. The van der Waals surface area contributed by atoms with E-state index in [9.17, 15) is 0 Å². The van der Waals surface area contributed by atoms with Crippen LogP contribution in [0.3, 0.4) is 0 Å². The molecular weight excluding hydrogens is 265 g/mol. The maximum atomic E-state index is 6.09. The molecule has 1 aromatic rings. The molecule has 0 aliphatic heterocycles. The summed E-state index contributed by atoms with van der Waals surface area (Å²) in [6, 6.07) is 6.67. The van der Waals surface area contributed by atoms with Crippen molar-refractivity contribution in [3.63, 3.8) is 0 Å². The normalized spacial score (nSPS) is 24.8. The van der Waals surface area contributed by atoms with Crippen molar-refractivity contribution in [2.45, 2.75) is 44.6 Å². The number of hydrogen-bond acceptors (Lipinski definition) is 1. The molecule has 2 unspecified atom stereocenters. The molecule has 1 aromatic carbocycles. The van der Waals surface area contributed by atoms with E-state index in [1.165, 1.54) is 37.7 Å². The Hall–Kier alpha value is -0.240. The van der Waals surface area contributed by atoms with Crippen molar-refractivity contribution in [3.05, 3.63) is 33.8 Å². The van der Waals surface area contributed by atoms with Crippen molar-refractivity contribution >= 4 is 23.2 Å². The first-order valence-electron chi connectivity index (χ1n) is 6.82. The van der Waals surface area contributed by atoms with Crippen LogP contribution in [0.15, 0.2) is 18.2 Å². The smallest absolute Gasteiger partial charge is 0.0595 e. The topological polar surface area (TPSA) is 12.0 Å². The molecule has 0 bridgehead atoms. The predicted molar refractivity (Wildman–Crippen MR) is 79.6 cm³/mol. The molecule has 0 radical (unpaired) electrons. The summed E-state index contributed by atoms with van der Waals surface area (Å²) in [7, 11) is 2.08. The summed E-state index contributed by atoms with van der Waals surface area (Å²) in [5.74, 6) is 0.717. The van der Waals surface area contributed by atoms with Gasteiger partial charge in [-0.15, -0.1) is 0 Å². The number of hydrogen-bond donors (Lipinski definition) is 1. The molecule has 1 N–H and O–H groups in total. The molecule has 0 saturated heterocycles. The average molecular weight is 286 g/mol. The lowest BCUT2D eigenvalue weighted by Crippen LogP contribution is -2.33. The van der Waals surface area contributed by atoms with Crippen LogP contribution >= 0.6 is 23.2 Å². The van der Waals surface area contributed by atoms with E-state index in [-0.39, 0.29) is 0 Å². The monoisotopic (exact) mass is 285 g/mol. The third kappa shape index (κ3) is 3.63. The van der Waals surface area contributed by atoms with E-state index < -0.39 is 0 Å². The van der Waals surface area contributed by atoms with Gasteiger partial charge >= 0.3 is 0 Å². The molecule has 18 heavy (non-hydrogen) atoms. The van der Waals surface area contributed by atoms with E-state index in [1.807, 2.05) is 12.1 Å². The lowest BCUT2D eigenvalue weighted by Gasteiger charge is -2.25. The second-order valence-electron chi connectivity index (χ2n) is 5.25. The van der Waals surface area contributed by atoms with Crippen LogP contribution in [0.1, 0.15) is 37.7 Å². The van der Waals surface area contributed by atoms with Gasteiger partial charge in [-0.1, -0.05) is 48.5 Å². The molecule has 0 heterocycles. The Morgan fingerprint density at radius 1 is 1.11 bits per heavy atom. The third-order valence-corrected chi connectivity index (χ3v) is 4.75. The standard InChI is InChI=1S/C15H21Cl2N/c1-18-15-6-4-2-3-5-12(15)9-11-7-8-13(16)14(17)10-11/h7-8,10,12,15,18H,2-6,9H2,1H3. The zero-order chi connectivity index (χ0) is 13.0. The lowest BCUT2D eigenvalue weighted by atomic mass is 9.88. The van der Waals surface area contributed by atoms with Crippen LogP contribution < -0.4 is 5.32 Å². The summed E-state index contributed by atoms with van der Waals surface area (Å²) in [4.78, 5) is 0. The summed E-state index contributed by atoms with van der Waals surface area (Å²) >= 11 is 12.0. The fourth-order valence-corrected chi connectivity index (χ4v) is 3.30. The molecule has 1 saturated carbocycles. The van der Waals surface area contributed by atoms with Gasteiger partial charge in [-0.2, -0.15) is 0 Å². The minimum Gasteiger partial charge on any atom is -0.317 e. The molecular formula is C15H21Cl2N. The molecule has 1 aliphatic carbocycles. The van der Waals surface area contributed by atoms with E-state index in [2.05, 4.69) is 18.4 Å². The third-order valence-electron chi connectivity index (χ3n) is 4.01. The highest BCUT2D eigenvalue weighted by Gasteiger charge is 2.22. The van der Waals surface area contributed by atoms with Gasteiger partial charge in [0.05, 0.1) is 10.0 Å². The Balaban J connectivity index is 2.07. The summed E-state index contributed by atoms with van der Waals surface area (Å²) in [6.07, 6.45) is 7.78. The largest absolute Gasteiger partial charge is 0.317 e. The van der Waals surface area contributed by atoms with E-state index in [0.717, 1.165) is 12.3 Å². The van der Waals surface area contributed by atoms with Gasteiger partial charge in [-0.05, 0) is 49.9 Å². The molecule has 1 nitrogen and oxygen atoms in total. The zero-order valence-electron chi connectivity index (χ0n) is 10.9. The number of nitrogens with one attached hydrogen (secondary N) is 1. The number of benzene rings is 1. The van der Waals surface area contributed by atoms with Crippen LogP contribution in [0.25, 0.3) is 0 Å². The van der Waals surface area contributed by atoms with Crippen molar-refractivity contribution < 1.29 is 0 Å². The SMILES string of the molecule is CNC1CCCCCC1Cc1ccc(Cl)c(Cl)c1. The maximum absolute atomic E-state index is 6.09. The van der Waals surface area contributed by atoms with Gasteiger partial charge in [-0.25, -0.2) is 0 Å². The minimum absolute atomic E-state index is 0.641. The highest BCUT2D eigenvalue weighted by molar-refractivity contribution is 6.42. The van der Waals surface area contributed by atoms with E-state index in [4.69, 9.17) is 23.2 Å². The number of halogens is 2. The van der Waals surface area contributed by atoms with Crippen molar-refractivity contribution in [1.82, 2.24) is 5.32 Å². The van der Waals surface area contributed by atoms with Gasteiger partial charge in [0.2, 0.25) is 0 Å². The Kier molecular flexibility index (Phi) is 5.35. The van der Waals surface area contributed by atoms with E-state index in [1.54, 1.807) is 0 Å². The van der Waals surface area contributed by atoms with E-state index in [0.29, 0.717) is 16.1 Å². The number of rotatable bonds is 3. The van der Waals surface area contributed by atoms with Crippen molar-refractivity contribution in [3.8, 4) is 0 Å². The molecule has 0 spiro atoms. The molecule has 3 heteroatoms. The Morgan fingerprint density at radius 2 is 1.89 bits per heavy atom. The molecule has 1 aliphatic rings. The fraction of sp³-hybridized carbons (Fsp3) is 0.600. The molecule has 0 amide bonds. The van der Waals surface area contributed by atoms with E-state index >= 15 is 0 Å².